The molecule has 0 saturated heterocycles. The molecule has 110 valence electrons. The first-order valence-electron chi connectivity index (χ1n) is 7.35. The molecular weight excluding hydrogens is 278 g/mol. The third kappa shape index (κ3) is 3.21. The molecule has 1 aromatic heterocycles. The Morgan fingerprint density at radius 3 is 2.81 bits per heavy atom. The minimum Gasteiger partial charge on any atom is -0.333 e. The summed E-state index contributed by atoms with van der Waals surface area (Å²) in [6, 6.07) is 10.6. The molecule has 0 saturated carbocycles. The van der Waals surface area contributed by atoms with Gasteiger partial charge in [0.15, 0.2) is 5.17 Å². The maximum atomic E-state index is 4.90. The largest absolute Gasteiger partial charge is 0.333 e. The third-order valence-corrected chi connectivity index (χ3v) is 4.70. The van der Waals surface area contributed by atoms with Gasteiger partial charge in [-0.3, -0.25) is 9.98 Å². The van der Waals surface area contributed by atoms with Crippen molar-refractivity contribution in [3.63, 3.8) is 0 Å². The van der Waals surface area contributed by atoms with Crippen molar-refractivity contribution in [3.05, 3.63) is 36.5 Å². The first-order valence-corrected chi connectivity index (χ1v) is 8.34. The van der Waals surface area contributed by atoms with Gasteiger partial charge in [0.2, 0.25) is 0 Å². The number of rotatable bonds is 1. The zero-order valence-electron chi connectivity index (χ0n) is 12.8. The molecule has 3 rings (SSSR count). The van der Waals surface area contributed by atoms with Gasteiger partial charge >= 0.3 is 0 Å². The summed E-state index contributed by atoms with van der Waals surface area (Å²) >= 11 is 1.80. The lowest BCUT2D eigenvalue weighted by atomic mass is 9.85. The standard InChI is InChI=1S/C17H21N3S/c1-17(2,3)14-9-11-21-16(20-14)19-13-8-4-6-12-7-5-10-18-15(12)13/h4-8,10,14H,9,11H2,1-3H3,(H,19,20). The molecule has 1 aromatic carbocycles. The molecule has 2 heterocycles. The van der Waals surface area contributed by atoms with Gasteiger partial charge in [-0.25, -0.2) is 0 Å². The Labute approximate surface area is 130 Å². The lowest BCUT2D eigenvalue weighted by Crippen LogP contribution is -2.30. The highest BCUT2D eigenvalue weighted by Crippen LogP contribution is 2.31. The van der Waals surface area contributed by atoms with Crippen LogP contribution in [0.2, 0.25) is 0 Å². The van der Waals surface area contributed by atoms with Crippen LogP contribution < -0.4 is 5.32 Å². The quantitative estimate of drug-likeness (QED) is 0.839. The number of aliphatic imine (C=N–C) groups is 1. The number of nitrogens with zero attached hydrogens (tertiary/aromatic N) is 2. The van der Waals surface area contributed by atoms with Gasteiger partial charge < -0.3 is 5.32 Å². The first-order chi connectivity index (χ1) is 10.0. The predicted molar refractivity (Wildman–Crippen MR) is 93.1 cm³/mol. The fourth-order valence-electron chi connectivity index (χ4n) is 2.53. The lowest BCUT2D eigenvalue weighted by molar-refractivity contribution is 0.316. The highest BCUT2D eigenvalue weighted by Gasteiger charge is 2.27. The lowest BCUT2D eigenvalue weighted by Gasteiger charge is -2.31. The van der Waals surface area contributed by atoms with Crippen LogP contribution in [-0.4, -0.2) is 21.9 Å². The van der Waals surface area contributed by atoms with Gasteiger partial charge in [0.05, 0.1) is 17.2 Å². The van der Waals surface area contributed by atoms with Crippen molar-refractivity contribution in [3.8, 4) is 0 Å². The van der Waals surface area contributed by atoms with Gasteiger partial charge in [0.1, 0.15) is 0 Å². The summed E-state index contributed by atoms with van der Waals surface area (Å²) in [5, 5.41) is 5.64. The van der Waals surface area contributed by atoms with Gasteiger partial charge in [-0.15, -0.1) is 0 Å². The van der Waals surface area contributed by atoms with Crippen molar-refractivity contribution in [2.45, 2.75) is 33.2 Å². The fraction of sp³-hybridized carbons (Fsp3) is 0.412. The van der Waals surface area contributed by atoms with E-state index in [0.717, 1.165) is 33.9 Å². The Hall–Kier alpha value is -1.55. The normalized spacial score (nSPS) is 19.4. The summed E-state index contributed by atoms with van der Waals surface area (Å²) in [6.45, 7) is 6.77. The van der Waals surface area contributed by atoms with E-state index in [0.29, 0.717) is 6.04 Å². The van der Waals surface area contributed by atoms with Gasteiger partial charge in [-0.05, 0) is 24.0 Å². The molecule has 3 nitrogen and oxygen atoms in total. The Balaban J connectivity index is 1.90. The molecule has 0 bridgehead atoms. The molecule has 0 radical (unpaired) electrons. The van der Waals surface area contributed by atoms with E-state index in [1.807, 2.05) is 12.3 Å². The maximum absolute atomic E-state index is 4.90. The number of nitrogens with one attached hydrogen (secondary N) is 1. The molecule has 0 spiro atoms. The van der Waals surface area contributed by atoms with Crippen LogP contribution in [0.25, 0.3) is 10.9 Å². The van der Waals surface area contributed by atoms with Crippen LogP contribution in [0.5, 0.6) is 0 Å². The number of pyridine rings is 1. The highest BCUT2D eigenvalue weighted by molar-refractivity contribution is 8.14. The average molecular weight is 299 g/mol. The minimum absolute atomic E-state index is 0.213. The van der Waals surface area contributed by atoms with Crippen molar-refractivity contribution in [1.82, 2.24) is 4.98 Å². The molecule has 1 aliphatic rings. The van der Waals surface area contributed by atoms with E-state index >= 15 is 0 Å². The Kier molecular flexibility index (Phi) is 3.89. The van der Waals surface area contributed by atoms with Crippen LogP contribution in [0, 0.1) is 5.41 Å². The van der Waals surface area contributed by atoms with E-state index in [1.54, 1.807) is 11.8 Å². The van der Waals surface area contributed by atoms with Gasteiger partial charge in [-0.2, -0.15) is 0 Å². The molecule has 1 unspecified atom stereocenters. The zero-order valence-corrected chi connectivity index (χ0v) is 13.6. The molecule has 1 aliphatic heterocycles. The number of aromatic nitrogens is 1. The van der Waals surface area contributed by atoms with Crippen molar-refractivity contribution in [1.29, 1.82) is 0 Å². The van der Waals surface area contributed by atoms with Crippen LogP contribution in [-0.2, 0) is 0 Å². The first kappa shape index (κ1) is 14.4. The van der Waals surface area contributed by atoms with Crippen molar-refractivity contribution < 1.29 is 0 Å². The zero-order chi connectivity index (χ0) is 14.9. The number of anilines is 1. The summed E-state index contributed by atoms with van der Waals surface area (Å²) < 4.78 is 0. The van der Waals surface area contributed by atoms with E-state index in [2.05, 4.69) is 55.3 Å². The number of hydrogen-bond donors (Lipinski definition) is 1. The maximum Gasteiger partial charge on any atom is 0.161 e. The topological polar surface area (TPSA) is 37.3 Å². The SMILES string of the molecule is CC(C)(C)C1CCSC(Nc2cccc3cccnc23)=N1. The third-order valence-electron chi connectivity index (χ3n) is 3.78. The van der Waals surface area contributed by atoms with E-state index in [9.17, 15) is 0 Å². The summed E-state index contributed by atoms with van der Waals surface area (Å²) in [5.74, 6) is 1.12. The van der Waals surface area contributed by atoms with E-state index in [-0.39, 0.29) is 5.41 Å². The predicted octanol–water partition coefficient (Wildman–Crippen LogP) is 4.55. The second-order valence-electron chi connectivity index (χ2n) is 6.46. The van der Waals surface area contributed by atoms with Crippen LogP contribution in [0.4, 0.5) is 5.69 Å². The van der Waals surface area contributed by atoms with Crippen LogP contribution in [0.3, 0.4) is 0 Å². The molecule has 4 heteroatoms. The Morgan fingerprint density at radius 1 is 1.19 bits per heavy atom. The van der Waals surface area contributed by atoms with Crippen LogP contribution >= 0.6 is 11.8 Å². The summed E-state index contributed by atoms with van der Waals surface area (Å²) in [4.78, 5) is 9.38. The fourth-order valence-corrected chi connectivity index (χ4v) is 3.44. The second kappa shape index (κ2) is 5.68. The monoisotopic (exact) mass is 299 g/mol. The molecular formula is C17H21N3S. The van der Waals surface area contributed by atoms with Crippen molar-refractivity contribution in [2.24, 2.45) is 10.4 Å². The van der Waals surface area contributed by atoms with E-state index in [1.165, 1.54) is 0 Å². The van der Waals surface area contributed by atoms with Crippen molar-refractivity contribution in [2.75, 3.05) is 11.1 Å². The van der Waals surface area contributed by atoms with Gasteiger partial charge in [-0.1, -0.05) is 50.7 Å². The average Bonchev–Trinajstić information content (AvgIpc) is 2.47. The molecule has 21 heavy (non-hydrogen) atoms. The van der Waals surface area contributed by atoms with Gasteiger partial charge in [0.25, 0.3) is 0 Å². The number of hydrogen-bond acceptors (Lipinski definition) is 4. The van der Waals surface area contributed by atoms with E-state index in [4.69, 9.17) is 4.99 Å². The number of benzene rings is 1. The number of thioether (sulfide) groups is 1. The smallest absolute Gasteiger partial charge is 0.161 e. The van der Waals surface area contributed by atoms with Crippen molar-refractivity contribution >= 4 is 33.5 Å². The summed E-state index contributed by atoms with van der Waals surface area (Å²) in [7, 11) is 0. The molecule has 1 N–H and O–H groups in total. The number of amidine groups is 1. The summed E-state index contributed by atoms with van der Waals surface area (Å²) in [5.41, 5.74) is 2.25. The second-order valence-corrected chi connectivity index (χ2v) is 7.54. The highest BCUT2D eigenvalue weighted by atomic mass is 32.2. The number of fused-ring (bicyclic) bond motifs is 1. The molecule has 0 aliphatic carbocycles. The van der Waals surface area contributed by atoms with E-state index < -0.39 is 0 Å². The van der Waals surface area contributed by atoms with Crippen LogP contribution in [0.15, 0.2) is 41.5 Å². The van der Waals surface area contributed by atoms with Crippen LogP contribution in [0.1, 0.15) is 27.2 Å². The summed E-state index contributed by atoms with van der Waals surface area (Å²) in [6.07, 6.45) is 2.98. The molecule has 2 aromatic rings. The minimum atomic E-state index is 0.213. The molecule has 1 atom stereocenters. The molecule has 0 amide bonds. The van der Waals surface area contributed by atoms with Gasteiger partial charge in [0, 0.05) is 17.3 Å². The molecule has 0 fully saturated rings. The Morgan fingerprint density at radius 2 is 2.00 bits per heavy atom. The Bertz CT molecular complexity index is 668. The number of para-hydroxylation sites is 1.